The normalized spacial score (nSPS) is 11.1. The molecule has 0 aliphatic rings. The maximum absolute atomic E-state index is 6.25. The Morgan fingerprint density at radius 1 is 0.594 bits per heavy atom. The number of benzene rings is 3. The zero-order valence-electron chi connectivity index (χ0n) is 17.0. The summed E-state index contributed by atoms with van der Waals surface area (Å²) in [4.78, 5) is 4.63. The number of halogens is 3. The van der Waals surface area contributed by atoms with Crippen LogP contribution in [0.25, 0.3) is 0 Å². The van der Waals surface area contributed by atoms with Crippen LogP contribution in [-0.2, 0) is 5.79 Å². The Bertz CT molecular complexity index is 1130. The van der Waals surface area contributed by atoms with Gasteiger partial charge in [0.05, 0.1) is 0 Å². The van der Waals surface area contributed by atoms with Crippen molar-refractivity contribution < 1.29 is 14.2 Å². The number of pyridine rings is 1. The number of rotatable bonds is 7. The summed E-state index contributed by atoms with van der Waals surface area (Å²) in [5.74, 6) is 0.850. The van der Waals surface area contributed by atoms with E-state index in [0.717, 1.165) is 0 Å². The third kappa shape index (κ3) is 5.65. The van der Waals surface area contributed by atoms with Gasteiger partial charge in [-0.2, -0.15) is 0 Å². The van der Waals surface area contributed by atoms with E-state index in [0.29, 0.717) is 43.9 Å². The van der Waals surface area contributed by atoms with Crippen molar-refractivity contribution in [2.45, 2.75) is 12.7 Å². The quantitative estimate of drug-likeness (QED) is 0.247. The Balaban J connectivity index is 1.67. The second kappa shape index (κ2) is 9.70. The van der Waals surface area contributed by atoms with Crippen molar-refractivity contribution in [2.24, 2.45) is 0 Å². The van der Waals surface area contributed by atoms with E-state index in [1.165, 1.54) is 0 Å². The molecule has 0 atom stereocenters. The van der Waals surface area contributed by atoms with Gasteiger partial charge < -0.3 is 14.2 Å². The van der Waals surface area contributed by atoms with Crippen LogP contribution in [0.1, 0.15) is 12.6 Å². The van der Waals surface area contributed by atoms with Crippen LogP contribution in [0.2, 0.25) is 15.1 Å². The standard InChI is InChI=1S/C25H18Cl3NO3/c1-25(31-21-13-7-18(27)8-14-21,32-22-15-9-19(28)10-16-22)23-3-2-4-24(29-23)30-20-11-5-17(26)6-12-20/h2-16H,1H3. The van der Waals surface area contributed by atoms with Crippen molar-refractivity contribution >= 4 is 34.8 Å². The van der Waals surface area contributed by atoms with Gasteiger partial charge in [0.15, 0.2) is 0 Å². The molecule has 1 aromatic heterocycles. The average Bonchev–Trinajstić information content (AvgIpc) is 2.79. The number of hydrogen-bond donors (Lipinski definition) is 0. The van der Waals surface area contributed by atoms with E-state index in [-0.39, 0.29) is 0 Å². The summed E-state index contributed by atoms with van der Waals surface area (Å²) < 4.78 is 18.4. The first-order chi connectivity index (χ1) is 15.4. The lowest BCUT2D eigenvalue weighted by atomic mass is 10.2. The van der Waals surface area contributed by atoms with Crippen molar-refractivity contribution in [1.29, 1.82) is 0 Å². The van der Waals surface area contributed by atoms with Crippen molar-refractivity contribution in [3.05, 3.63) is 112 Å². The topological polar surface area (TPSA) is 40.6 Å². The minimum Gasteiger partial charge on any atom is -0.447 e. The van der Waals surface area contributed by atoms with E-state index < -0.39 is 5.79 Å². The zero-order valence-corrected chi connectivity index (χ0v) is 19.2. The van der Waals surface area contributed by atoms with Gasteiger partial charge in [-0.15, -0.1) is 0 Å². The van der Waals surface area contributed by atoms with Gasteiger partial charge in [-0.25, -0.2) is 4.98 Å². The molecule has 4 rings (SSSR count). The number of nitrogens with zero attached hydrogens (tertiary/aromatic N) is 1. The summed E-state index contributed by atoms with van der Waals surface area (Å²) in [6.07, 6.45) is 0. The van der Waals surface area contributed by atoms with E-state index in [1.54, 1.807) is 91.9 Å². The maximum atomic E-state index is 6.25. The number of ether oxygens (including phenoxy) is 3. The predicted molar refractivity (Wildman–Crippen MR) is 127 cm³/mol. The van der Waals surface area contributed by atoms with Gasteiger partial charge >= 0.3 is 0 Å². The van der Waals surface area contributed by atoms with Crippen LogP contribution in [0.4, 0.5) is 0 Å². The first kappa shape index (κ1) is 22.3. The fourth-order valence-corrected chi connectivity index (χ4v) is 3.31. The van der Waals surface area contributed by atoms with Crippen molar-refractivity contribution in [3.8, 4) is 23.1 Å². The van der Waals surface area contributed by atoms with E-state index in [4.69, 9.17) is 49.0 Å². The summed E-state index contributed by atoms with van der Waals surface area (Å²) in [6, 6.07) is 26.4. The van der Waals surface area contributed by atoms with E-state index in [9.17, 15) is 0 Å². The molecule has 0 spiro atoms. The van der Waals surface area contributed by atoms with E-state index in [1.807, 2.05) is 6.07 Å². The molecule has 4 aromatic rings. The summed E-state index contributed by atoms with van der Waals surface area (Å²) in [6.45, 7) is 1.78. The highest BCUT2D eigenvalue weighted by molar-refractivity contribution is 6.31. The van der Waals surface area contributed by atoms with Crippen LogP contribution in [0.15, 0.2) is 91.0 Å². The van der Waals surface area contributed by atoms with Gasteiger partial charge in [0.2, 0.25) is 5.88 Å². The second-order valence-electron chi connectivity index (χ2n) is 6.97. The Kier molecular flexibility index (Phi) is 6.75. The lowest BCUT2D eigenvalue weighted by Crippen LogP contribution is -2.37. The molecule has 0 fully saturated rings. The van der Waals surface area contributed by atoms with Gasteiger partial charge in [0.1, 0.15) is 22.9 Å². The third-order valence-corrected chi connectivity index (χ3v) is 5.23. The van der Waals surface area contributed by atoms with Crippen LogP contribution < -0.4 is 14.2 Å². The van der Waals surface area contributed by atoms with Crippen molar-refractivity contribution in [2.75, 3.05) is 0 Å². The minimum atomic E-state index is -1.28. The lowest BCUT2D eigenvalue weighted by Gasteiger charge is -2.31. The molecular weight excluding hydrogens is 469 g/mol. The zero-order chi connectivity index (χ0) is 22.6. The van der Waals surface area contributed by atoms with Gasteiger partial charge in [-0.1, -0.05) is 40.9 Å². The largest absolute Gasteiger partial charge is 0.447 e. The first-order valence-electron chi connectivity index (χ1n) is 9.70. The third-order valence-electron chi connectivity index (χ3n) is 4.48. The summed E-state index contributed by atoms with van der Waals surface area (Å²) in [7, 11) is 0. The van der Waals surface area contributed by atoms with Crippen LogP contribution in [0.3, 0.4) is 0 Å². The van der Waals surface area contributed by atoms with E-state index >= 15 is 0 Å². The van der Waals surface area contributed by atoms with Gasteiger partial charge in [0, 0.05) is 28.1 Å². The molecule has 1 heterocycles. The minimum absolute atomic E-state index is 0.385. The molecule has 0 saturated carbocycles. The average molecular weight is 487 g/mol. The SMILES string of the molecule is CC(Oc1ccc(Cl)cc1)(Oc1ccc(Cl)cc1)c1cccc(Oc2ccc(Cl)cc2)n1. The van der Waals surface area contributed by atoms with Gasteiger partial charge in [-0.05, 0) is 78.9 Å². The lowest BCUT2D eigenvalue weighted by molar-refractivity contribution is -0.109. The smallest absolute Gasteiger partial charge is 0.292 e. The molecule has 32 heavy (non-hydrogen) atoms. The Labute approximate surface area is 201 Å². The molecule has 0 N–H and O–H groups in total. The Morgan fingerprint density at radius 2 is 1.03 bits per heavy atom. The molecule has 0 radical (unpaired) electrons. The predicted octanol–water partition coefficient (Wildman–Crippen LogP) is 8.16. The molecule has 3 aromatic carbocycles. The molecule has 7 heteroatoms. The monoisotopic (exact) mass is 485 g/mol. The molecule has 0 aliphatic carbocycles. The Morgan fingerprint density at radius 3 is 1.50 bits per heavy atom. The molecular formula is C25H18Cl3NO3. The second-order valence-corrected chi connectivity index (χ2v) is 8.28. The molecule has 0 unspecified atom stereocenters. The highest BCUT2D eigenvalue weighted by Crippen LogP contribution is 2.33. The van der Waals surface area contributed by atoms with E-state index in [2.05, 4.69) is 4.98 Å². The van der Waals surface area contributed by atoms with Crippen molar-refractivity contribution in [3.63, 3.8) is 0 Å². The van der Waals surface area contributed by atoms with Gasteiger partial charge in [0.25, 0.3) is 5.79 Å². The highest BCUT2D eigenvalue weighted by atomic mass is 35.5. The molecule has 4 nitrogen and oxygen atoms in total. The Hall–Kier alpha value is -2.92. The maximum Gasteiger partial charge on any atom is 0.292 e. The summed E-state index contributed by atoms with van der Waals surface area (Å²) in [5.41, 5.74) is 0.508. The van der Waals surface area contributed by atoms with Crippen LogP contribution in [-0.4, -0.2) is 4.98 Å². The first-order valence-corrected chi connectivity index (χ1v) is 10.8. The van der Waals surface area contributed by atoms with Crippen LogP contribution in [0, 0.1) is 0 Å². The fourth-order valence-electron chi connectivity index (χ4n) is 2.93. The molecule has 0 saturated heterocycles. The molecule has 0 bridgehead atoms. The summed E-state index contributed by atoms with van der Waals surface area (Å²) >= 11 is 18.0. The summed E-state index contributed by atoms with van der Waals surface area (Å²) in [5, 5.41) is 1.84. The molecule has 0 aliphatic heterocycles. The number of aromatic nitrogens is 1. The van der Waals surface area contributed by atoms with Crippen LogP contribution in [0.5, 0.6) is 23.1 Å². The van der Waals surface area contributed by atoms with Crippen LogP contribution >= 0.6 is 34.8 Å². The molecule has 162 valence electrons. The van der Waals surface area contributed by atoms with Gasteiger partial charge in [-0.3, -0.25) is 0 Å². The highest BCUT2D eigenvalue weighted by Gasteiger charge is 2.34. The van der Waals surface area contributed by atoms with Crippen molar-refractivity contribution in [1.82, 2.24) is 4.98 Å². The fraction of sp³-hybridized carbons (Fsp3) is 0.0800. The number of hydrogen-bond acceptors (Lipinski definition) is 4. The molecule has 0 amide bonds.